The third-order valence-corrected chi connectivity index (χ3v) is 8.36. The number of hydrogen-bond donors (Lipinski definition) is 0. The van der Waals surface area contributed by atoms with Gasteiger partial charge in [-0.05, 0) is 50.8 Å². The fourth-order valence-corrected chi connectivity index (χ4v) is 7.16. The van der Waals surface area contributed by atoms with Crippen molar-refractivity contribution in [1.29, 1.82) is 0 Å². The number of thiazole rings is 1. The van der Waals surface area contributed by atoms with E-state index in [-0.39, 0.29) is 5.54 Å². The molecule has 1 saturated carbocycles. The normalized spacial score (nSPS) is 33.9. The van der Waals surface area contributed by atoms with Crippen LogP contribution in [0.25, 0.3) is 5.13 Å². The maximum absolute atomic E-state index is 13.7. The van der Waals surface area contributed by atoms with Crippen LogP contribution in [0.5, 0.6) is 0 Å². The minimum Gasteiger partial charge on any atom is -0.338 e. The molecule has 6 heteroatoms. The van der Waals surface area contributed by atoms with E-state index < -0.39 is 0 Å². The Kier molecular flexibility index (Phi) is 3.57. The van der Waals surface area contributed by atoms with Crippen molar-refractivity contribution in [2.45, 2.75) is 62.6 Å². The van der Waals surface area contributed by atoms with Gasteiger partial charge >= 0.3 is 0 Å². The Morgan fingerprint density at radius 1 is 1.22 bits per heavy atom. The first-order valence-electron chi connectivity index (χ1n) is 10.4. The first kappa shape index (κ1) is 16.3. The molecule has 5 nitrogen and oxygen atoms in total. The summed E-state index contributed by atoms with van der Waals surface area (Å²) in [5, 5.41) is 3.06. The molecule has 0 aromatic carbocycles. The molecule has 1 spiro atoms. The van der Waals surface area contributed by atoms with Gasteiger partial charge in [0.15, 0.2) is 5.13 Å². The van der Waals surface area contributed by atoms with E-state index in [0.717, 1.165) is 37.5 Å². The Balaban J connectivity index is 1.35. The fourth-order valence-electron chi connectivity index (χ4n) is 6.51. The summed E-state index contributed by atoms with van der Waals surface area (Å²) in [5.41, 5.74) is 1.09. The summed E-state index contributed by atoms with van der Waals surface area (Å²) >= 11 is 1.67. The number of amides is 1. The summed E-state index contributed by atoms with van der Waals surface area (Å²) in [7, 11) is 0. The molecule has 1 aliphatic carbocycles. The predicted octanol–water partition coefficient (Wildman–Crippen LogP) is 3.61. The zero-order valence-corrected chi connectivity index (χ0v) is 16.4. The van der Waals surface area contributed by atoms with Gasteiger partial charge in [0.05, 0.1) is 6.04 Å². The van der Waals surface area contributed by atoms with Gasteiger partial charge in [0, 0.05) is 42.0 Å². The second-order valence-corrected chi connectivity index (χ2v) is 9.56. The molecule has 0 unspecified atom stereocenters. The van der Waals surface area contributed by atoms with Crippen LogP contribution in [0.15, 0.2) is 29.9 Å². The van der Waals surface area contributed by atoms with Crippen LogP contribution in [-0.2, 0) is 4.79 Å². The van der Waals surface area contributed by atoms with E-state index in [1.165, 1.54) is 31.4 Å². The van der Waals surface area contributed by atoms with E-state index >= 15 is 0 Å². The third kappa shape index (κ3) is 2.14. The van der Waals surface area contributed by atoms with Crippen molar-refractivity contribution in [2.75, 3.05) is 13.1 Å². The summed E-state index contributed by atoms with van der Waals surface area (Å²) in [6, 6.07) is 5.21. The highest BCUT2D eigenvalue weighted by atomic mass is 32.1. The van der Waals surface area contributed by atoms with E-state index in [0.29, 0.717) is 23.9 Å². The highest BCUT2D eigenvalue weighted by molar-refractivity contribution is 7.12. The summed E-state index contributed by atoms with van der Waals surface area (Å²) < 4.78 is 2.24. The molecule has 0 N–H and O–H groups in total. The molecular formula is C21H26N4OS. The number of rotatable bonds is 3. The topological polar surface area (TPSA) is 41.4 Å². The molecule has 5 heterocycles. The second kappa shape index (κ2) is 5.92. The van der Waals surface area contributed by atoms with Crippen molar-refractivity contribution in [1.82, 2.24) is 19.4 Å². The van der Waals surface area contributed by atoms with Crippen LogP contribution in [0, 0.1) is 5.92 Å². The largest absolute Gasteiger partial charge is 0.338 e. The highest BCUT2D eigenvalue weighted by Crippen LogP contribution is 2.56. The summed E-state index contributed by atoms with van der Waals surface area (Å²) in [6.45, 7) is 2.03. The molecule has 3 atom stereocenters. The van der Waals surface area contributed by atoms with Crippen LogP contribution in [-0.4, -0.2) is 49.9 Å². The minimum atomic E-state index is -0.217. The molecule has 27 heavy (non-hydrogen) atoms. The van der Waals surface area contributed by atoms with E-state index in [4.69, 9.17) is 0 Å². The average Bonchev–Trinajstić information content (AvgIpc) is 3.48. The monoisotopic (exact) mass is 382 g/mol. The number of hydrogen-bond acceptors (Lipinski definition) is 4. The van der Waals surface area contributed by atoms with Crippen LogP contribution in [0.2, 0.25) is 0 Å². The third-order valence-electron chi connectivity index (χ3n) is 7.59. The molecule has 1 amide bonds. The molecule has 0 radical (unpaired) electrons. The lowest BCUT2D eigenvalue weighted by atomic mass is 9.85. The van der Waals surface area contributed by atoms with Crippen molar-refractivity contribution in [3.63, 3.8) is 0 Å². The van der Waals surface area contributed by atoms with Crippen molar-refractivity contribution in [3.05, 3.63) is 35.6 Å². The van der Waals surface area contributed by atoms with Gasteiger partial charge < -0.3 is 4.90 Å². The summed E-state index contributed by atoms with van der Waals surface area (Å²) in [6.07, 6.45) is 12.3. The number of nitrogens with zero attached hydrogens (tertiary/aromatic N) is 4. The molecule has 2 aromatic heterocycles. The smallest absolute Gasteiger partial charge is 0.243 e. The van der Waals surface area contributed by atoms with Crippen LogP contribution in [0.4, 0.5) is 0 Å². The maximum Gasteiger partial charge on any atom is 0.243 e. The Bertz CT molecular complexity index is 855. The predicted molar refractivity (Wildman–Crippen MR) is 105 cm³/mol. The zero-order chi connectivity index (χ0) is 18.0. The van der Waals surface area contributed by atoms with Crippen LogP contribution >= 0.6 is 11.3 Å². The number of carbonyl (C=O) groups is 1. The lowest BCUT2D eigenvalue weighted by molar-refractivity contribution is -0.138. The van der Waals surface area contributed by atoms with Gasteiger partial charge in [-0.2, -0.15) is 0 Å². The second-order valence-electron chi connectivity index (χ2n) is 8.68. The van der Waals surface area contributed by atoms with E-state index in [2.05, 4.69) is 37.7 Å². The standard InChI is InChI=1S/C21H26N4OS/c26-19-21-8-4-11-25(21)18(13-15(21)14-24(19)16-5-1-2-6-16)17-7-3-10-23(17)20-22-9-12-27-20/h3,7,9-10,12,15-16,18H,1-2,4-6,8,11,13-14H2/t15-,18-,21-/m0/s1. The SMILES string of the molecule is O=C1N(C2CCCC2)C[C@@H]2C[C@@H](c3cccn3-c3nccs3)N3CCC[C@@]123. The lowest BCUT2D eigenvalue weighted by Gasteiger charge is -2.35. The summed E-state index contributed by atoms with van der Waals surface area (Å²) in [4.78, 5) is 23.0. The molecule has 2 aromatic rings. The summed E-state index contributed by atoms with van der Waals surface area (Å²) in [5.74, 6) is 0.935. The van der Waals surface area contributed by atoms with Gasteiger partial charge in [0.1, 0.15) is 5.54 Å². The van der Waals surface area contributed by atoms with E-state index in [1.807, 2.05) is 11.6 Å². The number of likely N-dealkylation sites (tertiary alicyclic amines) is 1. The lowest BCUT2D eigenvalue weighted by Crippen LogP contribution is -2.51. The first-order valence-corrected chi connectivity index (χ1v) is 11.3. The average molecular weight is 383 g/mol. The molecule has 4 fully saturated rings. The Morgan fingerprint density at radius 2 is 2.11 bits per heavy atom. The fraction of sp³-hybridized carbons (Fsp3) is 0.619. The van der Waals surface area contributed by atoms with Gasteiger partial charge in [0.25, 0.3) is 0 Å². The maximum atomic E-state index is 13.7. The molecule has 142 valence electrons. The van der Waals surface area contributed by atoms with Crippen molar-refractivity contribution >= 4 is 17.2 Å². The van der Waals surface area contributed by atoms with Crippen molar-refractivity contribution in [2.24, 2.45) is 5.92 Å². The van der Waals surface area contributed by atoms with E-state index in [1.54, 1.807) is 11.3 Å². The number of carbonyl (C=O) groups excluding carboxylic acids is 1. The highest BCUT2D eigenvalue weighted by Gasteiger charge is 2.66. The Morgan fingerprint density at radius 3 is 2.93 bits per heavy atom. The Labute approximate surface area is 164 Å². The van der Waals surface area contributed by atoms with Gasteiger partial charge in [-0.25, -0.2) is 4.98 Å². The Hall–Kier alpha value is -1.66. The van der Waals surface area contributed by atoms with Gasteiger partial charge in [0.2, 0.25) is 5.91 Å². The van der Waals surface area contributed by atoms with Gasteiger partial charge in [-0.15, -0.1) is 11.3 Å². The van der Waals surface area contributed by atoms with E-state index in [9.17, 15) is 4.79 Å². The quantitative estimate of drug-likeness (QED) is 0.814. The van der Waals surface area contributed by atoms with Gasteiger partial charge in [-0.3, -0.25) is 14.3 Å². The molecule has 4 aliphatic rings. The van der Waals surface area contributed by atoms with Gasteiger partial charge in [-0.1, -0.05) is 12.8 Å². The molecule has 0 bridgehead atoms. The van der Waals surface area contributed by atoms with Crippen molar-refractivity contribution in [3.8, 4) is 5.13 Å². The van der Waals surface area contributed by atoms with Crippen molar-refractivity contribution < 1.29 is 4.79 Å². The molecule has 3 aliphatic heterocycles. The zero-order valence-electron chi connectivity index (χ0n) is 15.6. The van der Waals surface area contributed by atoms with Crippen LogP contribution < -0.4 is 0 Å². The van der Waals surface area contributed by atoms with Crippen LogP contribution in [0.3, 0.4) is 0 Å². The minimum absolute atomic E-state index is 0.217. The molecule has 3 saturated heterocycles. The number of aromatic nitrogens is 2. The molecule has 6 rings (SSSR count). The van der Waals surface area contributed by atoms with Crippen LogP contribution in [0.1, 0.15) is 56.7 Å². The first-order chi connectivity index (χ1) is 13.3. The molecular weight excluding hydrogens is 356 g/mol.